The van der Waals surface area contributed by atoms with Gasteiger partial charge in [-0.3, -0.25) is 19.2 Å². The van der Waals surface area contributed by atoms with Crippen molar-refractivity contribution in [3.63, 3.8) is 0 Å². The maximum absolute atomic E-state index is 15.4. The van der Waals surface area contributed by atoms with E-state index in [9.17, 15) is 39.3 Å². The molecular formula is C45H53NO14. The number of esters is 4. The van der Waals surface area contributed by atoms with Crippen molar-refractivity contribution in [2.45, 2.75) is 122 Å². The van der Waals surface area contributed by atoms with Crippen molar-refractivity contribution in [2.75, 3.05) is 6.61 Å². The van der Waals surface area contributed by atoms with Crippen molar-refractivity contribution in [3.8, 4) is 0 Å². The van der Waals surface area contributed by atoms with Crippen LogP contribution in [0.2, 0.25) is 0 Å². The van der Waals surface area contributed by atoms with Crippen LogP contribution in [0.15, 0.2) is 84.0 Å². The molecule has 2 aromatic rings. The Morgan fingerprint density at radius 1 is 0.950 bits per heavy atom. The van der Waals surface area contributed by atoms with Crippen molar-refractivity contribution in [1.29, 1.82) is 0 Å². The number of Topliss-reactive ketones (excluding diaryl/α,β-unsaturated/α-hetero) is 1. The Labute approximate surface area is 348 Å². The van der Waals surface area contributed by atoms with Gasteiger partial charge in [-0.05, 0) is 55.2 Å². The summed E-state index contributed by atoms with van der Waals surface area (Å²) >= 11 is 0. The molecule has 1 unspecified atom stereocenters. The number of hydrogen-bond acceptors (Lipinski definition) is 14. The van der Waals surface area contributed by atoms with E-state index in [0.717, 1.165) is 13.8 Å². The van der Waals surface area contributed by atoms with E-state index >= 15 is 4.79 Å². The Balaban J connectivity index is 1.55. The lowest BCUT2D eigenvalue weighted by atomic mass is 9.44. The van der Waals surface area contributed by atoms with Gasteiger partial charge in [-0.2, -0.15) is 0 Å². The van der Waals surface area contributed by atoms with Gasteiger partial charge in [-0.25, -0.2) is 9.59 Å². The molecule has 6 rings (SSSR count). The van der Waals surface area contributed by atoms with E-state index in [1.54, 1.807) is 68.5 Å². The van der Waals surface area contributed by atoms with Crippen LogP contribution >= 0.6 is 0 Å². The molecule has 2 bridgehead atoms. The second-order valence-electron chi connectivity index (χ2n) is 16.8. The zero-order valence-electron chi connectivity index (χ0n) is 34.7. The summed E-state index contributed by atoms with van der Waals surface area (Å²) in [5, 5.41) is 39.9. The van der Waals surface area contributed by atoms with Crippen LogP contribution in [0, 0.1) is 16.7 Å². The van der Waals surface area contributed by atoms with Crippen LogP contribution in [-0.4, -0.2) is 105 Å². The first-order chi connectivity index (χ1) is 28.2. The number of benzene rings is 2. The fourth-order valence-electron chi connectivity index (χ4n) is 9.79. The Morgan fingerprint density at radius 3 is 2.15 bits per heavy atom. The third-order valence-electron chi connectivity index (χ3n) is 13.0. The quantitative estimate of drug-likeness (QED) is 0.110. The Kier molecular flexibility index (Phi) is 12.3. The largest absolute Gasteiger partial charge is 0.456 e. The van der Waals surface area contributed by atoms with E-state index in [-0.39, 0.29) is 29.7 Å². The van der Waals surface area contributed by atoms with Gasteiger partial charge in [0, 0.05) is 32.1 Å². The van der Waals surface area contributed by atoms with Gasteiger partial charge in [0.1, 0.15) is 23.9 Å². The minimum Gasteiger partial charge on any atom is -0.456 e. The topological polar surface area (TPSA) is 221 Å². The molecule has 15 heteroatoms. The van der Waals surface area contributed by atoms with Gasteiger partial charge in [-0.1, -0.05) is 75.4 Å². The lowest BCUT2D eigenvalue weighted by molar-refractivity contribution is -0.346. The lowest BCUT2D eigenvalue weighted by Crippen LogP contribution is -2.82. The maximum atomic E-state index is 15.4. The van der Waals surface area contributed by atoms with Gasteiger partial charge >= 0.3 is 23.9 Å². The molecule has 2 aromatic carbocycles. The van der Waals surface area contributed by atoms with Gasteiger partial charge in [-0.15, -0.1) is 0 Å². The average molecular weight is 832 g/mol. The fraction of sp³-hybridized carbons (Fsp3) is 0.511. The number of ether oxygens (including phenoxy) is 5. The van der Waals surface area contributed by atoms with Gasteiger partial charge in [0.05, 0.1) is 35.6 Å². The molecule has 0 aromatic heterocycles. The van der Waals surface area contributed by atoms with E-state index in [4.69, 9.17) is 23.7 Å². The molecule has 4 aliphatic rings. The van der Waals surface area contributed by atoms with Crippen molar-refractivity contribution in [3.05, 3.63) is 95.1 Å². The first-order valence-electron chi connectivity index (χ1n) is 20.0. The standard InChI is InChI=1S/C45H53NO14/c1-8-9-20-32(50)46-34(27-16-12-10-13-17-27)35(51)41(54)58-29-22-45(55)39(59-40(53)28-18-14-11-15-19-28)37-43(7,30(49)21-31-44(37,23-56-31)60-26(4)48)38(52)36(57-25(3)47)33(24(29)2)42(45,5)6/h9-20,29-31,34-37,39,49,51,55H,8,21-23H2,1-7H3,(H,46,50)/b20-9+/t29-,30-,31+,34-,35+,36+,37?,39-,43+,44-,45+/m0/s1. The number of hydrogen-bond donors (Lipinski definition) is 4. The minimum atomic E-state index is -2.38. The molecule has 60 heavy (non-hydrogen) atoms. The minimum absolute atomic E-state index is 0.00232. The lowest BCUT2D eigenvalue weighted by Gasteiger charge is -2.67. The number of carbonyl (C=O) groups excluding carboxylic acids is 6. The molecule has 1 aliphatic heterocycles. The molecule has 3 fully saturated rings. The highest BCUT2D eigenvalue weighted by Crippen LogP contribution is 2.64. The Bertz CT molecular complexity index is 2080. The summed E-state index contributed by atoms with van der Waals surface area (Å²) in [5.41, 5.74) is -7.21. The van der Waals surface area contributed by atoms with Crippen LogP contribution in [0.1, 0.15) is 89.7 Å². The van der Waals surface area contributed by atoms with Crippen molar-refractivity contribution >= 4 is 35.6 Å². The summed E-state index contributed by atoms with van der Waals surface area (Å²) in [6.07, 6.45) is -7.00. The van der Waals surface area contributed by atoms with Crippen LogP contribution in [0.5, 0.6) is 0 Å². The molecule has 1 heterocycles. The Hall–Kier alpha value is -5.22. The summed E-state index contributed by atoms with van der Waals surface area (Å²) in [6, 6.07) is 14.8. The smallest absolute Gasteiger partial charge is 0.338 e. The number of nitrogens with one attached hydrogen (secondary N) is 1. The van der Waals surface area contributed by atoms with Crippen LogP contribution in [0.4, 0.5) is 0 Å². The molecule has 4 N–H and O–H groups in total. The molecule has 1 saturated heterocycles. The summed E-state index contributed by atoms with van der Waals surface area (Å²) in [7, 11) is 0. The average Bonchev–Trinajstić information content (AvgIpc) is 3.20. The monoisotopic (exact) mass is 831 g/mol. The van der Waals surface area contributed by atoms with E-state index in [1.165, 1.54) is 32.1 Å². The highest BCUT2D eigenvalue weighted by atomic mass is 16.6. The second-order valence-corrected chi connectivity index (χ2v) is 16.8. The molecule has 2 saturated carbocycles. The van der Waals surface area contributed by atoms with Gasteiger partial charge in [0.25, 0.3) is 0 Å². The third kappa shape index (κ3) is 7.45. The summed E-state index contributed by atoms with van der Waals surface area (Å²) in [4.78, 5) is 82.6. The highest BCUT2D eigenvalue weighted by molar-refractivity contribution is 5.95. The summed E-state index contributed by atoms with van der Waals surface area (Å²) in [5.74, 6) is -6.80. The highest BCUT2D eigenvalue weighted by Gasteiger charge is 2.78. The third-order valence-corrected chi connectivity index (χ3v) is 13.0. The first-order valence-corrected chi connectivity index (χ1v) is 20.0. The van der Waals surface area contributed by atoms with E-state index < -0.39 is 113 Å². The number of rotatable bonds is 11. The van der Waals surface area contributed by atoms with Gasteiger partial charge in [0.15, 0.2) is 23.6 Å². The molecule has 322 valence electrons. The second kappa shape index (κ2) is 16.7. The zero-order valence-corrected chi connectivity index (χ0v) is 34.7. The molecular weight excluding hydrogens is 778 g/mol. The van der Waals surface area contributed by atoms with Gasteiger partial charge in [0.2, 0.25) is 5.91 Å². The van der Waals surface area contributed by atoms with E-state index in [0.29, 0.717) is 12.0 Å². The van der Waals surface area contributed by atoms with E-state index in [1.807, 2.05) is 6.92 Å². The first kappa shape index (κ1) is 44.3. The van der Waals surface area contributed by atoms with Crippen molar-refractivity contribution in [1.82, 2.24) is 5.32 Å². The van der Waals surface area contributed by atoms with Crippen LogP contribution < -0.4 is 5.32 Å². The van der Waals surface area contributed by atoms with Crippen LogP contribution in [0.25, 0.3) is 0 Å². The van der Waals surface area contributed by atoms with Crippen LogP contribution in [0.3, 0.4) is 0 Å². The summed E-state index contributed by atoms with van der Waals surface area (Å²) < 4.78 is 30.2. The van der Waals surface area contributed by atoms with E-state index in [2.05, 4.69) is 5.32 Å². The predicted molar refractivity (Wildman–Crippen MR) is 211 cm³/mol. The molecule has 15 nitrogen and oxygen atoms in total. The van der Waals surface area contributed by atoms with Crippen molar-refractivity contribution < 1.29 is 67.8 Å². The number of aliphatic hydroxyl groups is 3. The normalized spacial score (nSPS) is 32.7. The SMILES string of the molecule is CC/C=C/C(=O)N[C@@H](c1ccccc1)[C@@H](O)C(=O)O[C@H]1C[C@@]2(O)[C@@H](OC(=O)c3ccccc3)C3[C@](C)(C(=O)[C@H](OC(C)=O)C(=C1C)C2(C)C)[C@@H](O)C[C@H]1OC[C@@]31OC(C)=O. The number of carbonyl (C=O) groups is 6. The number of ketones is 1. The maximum Gasteiger partial charge on any atom is 0.338 e. The number of aliphatic hydroxyl groups excluding tert-OH is 2. The molecule has 3 aliphatic carbocycles. The predicted octanol–water partition coefficient (Wildman–Crippen LogP) is 3.39. The number of amides is 1. The van der Waals surface area contributed by atoms with Crippen LogP contribution in [-0.2, 0) is 47.7 Å². The Morgan fingerprint density at radius 2 is 1.58 bits per heavy atom. The zero-order chi connectivity index (χ0) is 43.9. The molecule has 0 spiro atoms. The molecule has 11 atom stereocenters. The number of fused-ring (bicyclic) bond motifs is 5. The summed E-state index contributed by atoms with van der Waals surface area (Å²) in [6.45, 7) is 9.81. The van der Waals surface area contributed by atoms with Crippen molar-refractivity contribution in [2.24, 2.45) is 16.7 Å². The number of allylic oxidation sites excluding steroid dienone is 1. The molecule has 1 amide bonds. The fourth-order valence-corrected chi connectivity index (χ4v) is 9.79. The molecule has 0 radical (unpaired) electrons. The van der Waals surface area contributed by atoms with Gasteiger partial charge < -0.3 is 44.3 Å².